The van der Waals surface area contributed by atoms with Crippen LogP contribution in [0.1, 0.15) is 41.5 Å². The van der Waals surface area contributed by atoms with Crippen molar-refractivity contribution in [3.05, 3.63) is 0 Å². The minimum absolute atomic E-state index is 0.824. The number of hydrogen-bond donors (Lipinski definition) is 34. The maximum atomic E-state index is 13.7. The highest BCUT2D eigenvalue weighted by Gasteiger charge is 2.64. The van der Waals surface area contributed by atoms with Gasteiger partial charge in [0.2, 0.25) is 29.5 Å². The molecule has 0 bridgehead atoms. The number of ether oxygens (including phenoxy) is 21. The minimum atomic E-state index is -2.73. The Hall–Kier alpha value is -4.65. The molecule has 11 aliphatic heterocycles. The molecule has 11 saturated heterocycles. The van der Waals surface area contributed by atoms with E-state index < -0.39 is 433 Å². The van der Waals surface area contributed by atoms with Crippen LogP contribution in [0.4, 0.5) is 0 Å². The van der Waals surface area contributed by atoms with Gasteiger partial charge in [0.15, 0.2) is 69.2 Å². The summed E-state index contributed by atoms with van der Waals surface area (Å²) >= 11 is 0. The number of nitrogens with one attached hydrogen (secondary N) is 5. The van der Waals surface area contributed by atoms with Gasteiger partial charge in [-0.3, -0.25) is 24.0 Å². The van der Waals surface area contributed by atoms with Crippen molar-refractivity contribution in [1.82, 2.24) is 26.6 Å². The summed E-state index contributed by atoms with van der Waals surface area (Å²) in [6.45, 7) is -6.02. The second kappa shape index (κ2) is 48.8. The van der Waals surface area contributed by atoms with Crippen molar-refractivity contribution < 1.29 is 272 Å². The molecule has 11 aliphatic rings. The molecule has 136 heavy (non-hydrogen) atoms. The predicted octanol–water partition coefficient (Wildman–Crippen LogP) is -23.2. The number of rotatable bonds is 35. The quantitative estimate of drug-likeness (QED) is 0.0280. The zero-order valence-electron chi connectivity index (χ0n) is 73.4. The van der Waals surface area contributed by atoms with Crippen LogP contribution >= 0.6 is 0 Å². The first-order chi connectivity index (χ1) is 64.3. The van der Waals surface area contributed by atoms with E-state index in [1.54, 1.807) is 0 Å². The molecule has 0 radical (unpaired) electrons. The van der Waals surface area contributed by atoms with Crippen molar-refractivity contribution in [2.24, 2.45) is 0 Å². The van der Waals surface area contributed by atoms with Gasteiger partial charge in [-0.15, -0.1) is 0 Å². The SMILES string of the molecule is CC(=O)N[C@@H]1[C@@H](O)[C@H](O[C@@H]2O[C@H](CO)[C@@H](O[C@@H]3O[C@H](CO[C@H]4O[C@H](CO)[C@@H](O)[C@H](O)[C@@H]4O[C@@H]4O[C@H](CO)[C@@H](O[C@@H]5O[C@H](CO)[C@H](O)[C@H](O)[C@H]5O)[C@H](O)[C@H]4NC(C)=O)[C@@H](O)[C@H](O[C@H]4O[C@H](CO)[C@@H](O[C@@H]5O[C@H](CO)[C@@H](O[C@@H]6O[C@H](CO)[C@H](O)[C@H](O)[C@H]6O)[C@H](O[C@@H]6O[C@@H](C)[C@@H](O)[C@@H](O)[C@@H]6O)[C@H]5NC(C)=O)[C@H](O)[C@@H]4O[C@@H]4O[C@H](CO)[C@@H](O)[C@H](O)[C@H]4NC(C)=O)[C@@H]3O)[C@H](O)[C@H]2NC(C)=O)[C@@H](CO)O[C@H]1O. The van der Waals surface area contributed by atoms with Crippen LogP contribution in [-0.4, -0.2) is 581 Å². The van der Waals surface area contributed by atoms with E-state index in [0.717, 1.165) is 34.6 Å². The fourth-order valence-corrected chi connectivity index (χ4v) is 17.8. The number of carbonyl (C=O) groups is 5. The Morgan fingerprint density at radius 1 is 0.206 bits per heavy atom. The molecule has 60 nitrogen and oxygen atoms in total. The largest absolute Gasteiger partial charge is 0.394 e. The average Bonchev–Trinajstić information content (AvgIpc) is 0.752. The Bertz CT molecular complexity index is 3760. The molecule has 0 spiro atoms. The van der Waals surface area contributed by atoms with Crippen LogP contribution in [0, 0.1) is 0 Å². The summed E-state index contributed by atoms with van der Waals surface area (Å²) in [4.78, 5) is 65.3. The van der Waals surface area contributed by atoms with E-state index in [1.807, 2.05) is 0 Å². The van der Waals surface area contributed by atoms with Gasteiger partial charge in [0, 0.05) is 34.6 Å². The number of hydrogen-bond acceptors (Lipinski definition) is 55. The van der Waals surface area contributed by atoms with Gasteiger partial charge in [-0.2, -0.15) is 0 Å². The maximum Gasteiger partial charge on any atom is 0.217 e. The van der Waals surface area contributed by atoms with Crippen LogP contribution < -0.4 is 26.6 Å². The summed E-state index contributed by atoms with van der Waals surface area (Å²) in [5, 5.41) is 340. The third-order valence-electron chi connectivity index (χ3n) is 24.9. The number of amides is 5. The molecule has 11 rings (SSSR count). The number of carbonyl (C=O) groups excluding carboxylic acids is 5. The van der Waals surface area contributed by atoms with Gasteiger partial charge >= 0.3 is 0 Å². The highest BCUT2D eigenvalue weighted by atomic mass is 16.8. The summed E-state index contributed by atoms with van der Waals surface area (Å²) in [6, 6.07) is -9.80. The van der Waals surface area contributed by atoms with E-state index in [4.69, 9.17) is 99.5 Å². The molecule has 0 aromatic rings. The molecule has 0 aromatic heterocycles. The molecule has 0 unspecified atom stereocenters. The van der Waals surface area contributed by atoms with Crippen LogP contribution in [0.25, 0.3) is 0 Å². The monoisotopic (exact) mass is 1990 g/mol. The van der Waals surface area contributed by atoms with Gasteiger partial charge < -0.3 is 274 Å². The smallest absolute Gasteiger partial charge is 0.217 e. The van der Waals surface area contributed by atoms with Gasteiger partial charge in [0.25, 0.3) is 0 Å². The standard InChI is InChI=1S/C76H127N5O55/c1-17-38(96)48(106)52(110)71(117-17)133-62-37(81-22(6)95)70(125-31(15-90)61(62)132-73-54(112)50(108)41(99)25(9-84)121-73)129-60-30(14-89)126-76(65(55(60)113)136-67-34(78-19(3)92)44(102)39(97)23(7-82)119-67)134-63-43(101)32(127-74(56(63)114)131-59-29(13-88)123-68(35(46(59)104)79-20(4)93)128-57-27(11-86)118-66(115)33(45(57)103)77-18(2)91)16-116-75-64(51(109)42(100)26(10-85)122-75)135-69-36(80-21(5)94)47(105)58(28(12-87)124-69)130-72-53(111)49(107)40(98)24(8-83)120-72/h17,23-76,82-90,96-115H,7-16H2,1-6H3,(H,77,91)(H,78,92)(H,79,93)(H,80,94)(H,81,95)/t17-,23+,24+,25+,26+,27+,28+,29+,30+,31+,32+,33+,34+,35+,36+,37+,38+,39+,40-,41-,42+,43+,44+,45+,46+,47+,48+,49-,50-,51-,52-,53+,54+,55-,56-,57+,58+,59+,60+,61+,62+,63-,64-,65-,66+,67-,68-,69-,70-,71-,72-,73-,74-,75-,76+/m0/s1. The van der Waals surface area contributed by atoms with Crippen molar-refractivity contribution in [2.75, 3.05) is 66.1 Å². The first-order valence-corrected chi connectivity index (χ1v) is 43.5. The zero-order chi connectivity index (χ0) is 100. The van der Waals surface area contributed by atoms with E-state index in [9.17, 15) is 172 Å². The van der Waals surface area contributed by atoms with Crippen molar-refractivity contribution in [2.45, 2.75) is 379 Å². The molecule has 11 fully saturated rings. The Morgan fingerprint density at radius 3 is 0.897 bits per heavy atom. The van der Waals surface area contributed by atoms with Gasteiger partial charge in [0.1, 0.15) is 262 Å². The lowest BCUT2D eigenvalue weighted by atomic mass is 9.93. The van der Waals surface area contributed by atoms with E-state index in [-0.39, 0.29) is 0 Å². The van der Waals surface area contributed by atoms with Crippen molar-refractivity contribution in [3.8, 4) is 0 Å². The molecule has 5 amide bonds. The van der Waals surface area contributed by atoms with Gasteiger partial charge in [-0.05, 0) is 6.92 Å². The highest BCUT2D eigenvalue weighted by molar-refractivity contribution is 5.75. The lowest BCUT2D eigenvalue weighted by Gasteiger charge is -2.52. The van der Waals surface area contributed by atoms with E-state index >= 15 is 0 Å². The molecule has 60 heteroatoms. The molecule has 34 N–H and O–H groups in total. The number of aliphatic hydroxyl groups is 29. The summed E-state index contributed by atoms with van der Waals surface area (Å²) in [5.41, 5.74) is 0. The molecule has 786 valence electrons. The topological polar surface area (TPSA) is 926 Å². The average molecular weight is 1990 g/mol. The highest BCUT2D eigenvalue weighted by Crippen LogP contribution is 2.43. The third kappa shape index (κ3) is 24.6. The molecule has 0 aromatic carbocycles. The predicted molar refractivity (Wildman–Crippen MR) is 419 cm³/mol. The molecular weight excluding hydrogens is 1860 g/mol. The van der Waals surface area contributed by atoms with Crippen LogP contribution in [0.15, 0.2) is 0 Å². The van der Waals surface area contributed by atoms with Crippen molar-refractivity contribution >= 4 is 29.5 Å². The summed E-state index contributed by atoms with van der Waals surface area (Å²) in [7, 11) is 0. The first-order valence-electron chi connectivity index (χ1n) is 43.5. The summed E-state index contributed by atoms with van der Waals surface area (Å²) in [5.74, 6) is -4.85. The Labute approximate surface area is 770 Å². The van der Waals surface area contributed by atoms with Gasteiger partial charge in [-0.25, -0.2) is 0 Å². The van der Waals surface area contributed by atoms with Gasteiger partial charge in [-0.1, -0.05) is 0 Å². The Kier molecular flexibility index (Phi) is 40.1. The van der Waals surface area contributed by atoms with E-state index in [0.29, 0.717) is 0 Å². The maximum absolute atomic E-state index is 13.7. The van der Waals surface area contributed by atoms with Crippen molar-refractivity contribution in [3.63, 3.8) is 0 Å². The summed E-state index contributed by atoms with van der Waals surface area (Å²) in [6.07, 6.45) is -108. The fourth-order valence-electron chi connectivity index (χ4n) is 17.8. The summed E-state index contributed by atoms with van der Waals surface area (Å²) < 4.78 is 128. The first kappa shape index (κ1) is 112. The Morgan fingerprint density at radius 2 is 0.471 bits per heavy atom. The fraction of sp³-hybridized carbons (Fsp3) is 0.934. The van der Waals surface area contributed by atoms with E-state index in [1.165, 1.54) is 6.92 Å². The van der Waals surface area contributed by atoms with Crippen LogP contribution in [0.2, 0.25) is 0 Å². The lowest BCUT2D eigenvalue weighted by Crippen LogP contribution is -2.72. The number of aliphatic hydroxyl groups excluding tert-OH is 29. The minimum Gasteiger partial charge on any atom is -0.394 e. The second-order valence-corrected chi connectivity index (χ2v) is 34.5. The second-order valence-electron chi connectivity index (χ2n) is 34.5. The van der Waals surface area contributed by atoms with Gasteiger partial charge in [0.05, 0.1) is 72.2 Å². The van der Waals surface area contributed by atoms with Crippen LogP contribution in [0.3, 0.4) is 0 Å². The molecule has 0 saturated carbocycles. The Balaban J connectivity index is 0.984. The molecule has 11 heterocycles. The molecule has 0 aliphatic carbocycles. The zero-order valence-corrected chi connectivity index (χ0v) is 73.4. The van der Waals surface area contributed by atoms with E-state index in [2.05, 4.69) is 26.6 Å². The molecular formula is C76H127N5O55. The van der Waals surface area contributed by atoms with Crippen molar-refractivity contribution in [1.29, 1.82) is 0 Å². The normalized spacial score (nSPS) is 49.2. The lowest BCUT2D eigenvalue weighted by molar-refractivity contribution is -0.407. The van der Waals surface area contributed by atoms with Crippen LogP contribution in [-0.2, 0) is 123 Å². The van der Waals surface area contributed by atoms with Crippen LogP contribution in [0.5, 0.6) is 0 Å². The third-order valence-corrected chi connectivity index (χ3v) is 24.9. The molecule has 55 atom stereocenters.